The third kappa shape index (κ3) is 4.63. The number of primary amides is 2. The molecule has 0 atom stereocenters. The first kappa shape index (κ1) is 21.2. The van der Waals surface area contributed by atoms with E-state index in [1.807, 2.05) is 6.21 Å². The second-order valence-electron chi connectivity index (χ2n) is 7.66. The van der Waals surface area contributed by atoms with Crippen LogP contribution in [0.5, 0.6) is 0 Å². The summed E-state index contributed by atoms with van der Waals surface area (Å²) in [6, 6.07) is 1.72. The third-order valence-electron chi connectivity index (χ3n) is 5.23. The van der Waals surface area contributed by atoms with E-state index in [0.717, 1.165) is 17.5 Å². The van der Waals surface area contributed by atoms with Gasteiger partial charge in [0, 0.05) is 24.7 Å². The zero-order valence-electron chi connectivity index (χ0n) is 17.3. The van der Waals surface area contributed by atoms with Gasteiger partial charge in [0.05, 0.1) is 11.9 Å². The molecular formula is C20H23N9O3. The van der Waals surface area contributed by atoms with Gasteiger partial charge in [-0.2, -0.15) is 10.2 Å². The molecule has 1 saturated carbocycles. The number of nitrogens with zero attached hydrogens (tertiary/aromatic N) is 6. The lowest BCUT2D eigenvalue weighted by Gasteiger charge is -2.16. The molecule has 0 bridgehead atoms. The summed E-state index contributed by atoms with van der Waals surface area (Å²) in [5.41, 5.74) is 10.8. The monoisotopic (exact) mass is 437 g/mol. The van der Waals surface area contributed by atoms with Gasteiger partial charge < -0.3 is 16.8 Å². The first-order valence-corrected chi connectivity index (χ1v) is 10.3. The molecule has 0 aromatic carbocycles. The number of fused-ring (bicyclic) bond motifs is 1. The minimum atomic E-state index is -0.860. The van der Waals surface area contributed by atoms with Crippen molar-refractivity contribution >= 4 is 41.1 Å². The molecule has 12 heteroatoms. The van der Waals surface area contributed by atoms with Crippen molar-refractivity contribution in [1.29, 1.82) is 0 Å². The van der Waals surface area contributed by atoms with Gasteiger partial charge in [-0.05, 0) is 18.8 Å². The van der Waals surface area contributed by atoms with Crippen molar-refractivity contribution in [3.8, 4) is 0 Å². The highest BCUT2D eigenvalue weighted by molar-refractivity contribution is 6.10. The van der Waals surface area contributed by atoms with Crippen molar-refractivity contribution in [3.63, 3.8) is 0 Å². The molecule has 1 fully saturated rings. The average molecular weight is 437 g/mol. The highest BCUT2D eigenvalue weighted by Gasteiger charge is 2.21. The van der Waals surface area contributed by atoms with Crippen LogP contribution < -0.4 is 16.8 Å². The molecule has 166 valence electrons. The number of anilines is 1. The van der Waals surface area contributed by atoms with Gasteiger partial charge in [0.1, 0.15) is 12.1 Å². The van der Waals surface area contributed by atoms with Crippen molar-refractivity contribution in [2.75, 3.05) is 5.32 Å². The number of nitrogens with one attached hydrogen (secondary N) is 1. The minimum Gasteiger partial charge on any atom is -0.368 e. The lowest BCUT2D eigenvalue weighted by molar-refractivity contribution is -0.118. The second kappa shape index (κ2) is 8.96. The Hall–Kier alpha value is -4.09. The summed E-state index contributed by atoms with van der Waals surface area (Å²) in [6.45, 7) is -0.267. The number of rotatable bonds is 7. The SMILES string of the molecule is NC(=O)Cn1cc(NC(=O)c2cnn3ccc(N=CC4CCCCC4)nc23)c(C(N)=O)n1. The molecule has 0 unspecified atom stereocenters. The number of hydrogen-bond acceptors (Lipinski definition) is 7. The summed E-state index contributed by atoms with van der Waals surface area (Å²) >= 11 is 0. The van der Waals surface area contributed by atoms with Crippen molar-refractivity contribution in [1.82, 2.24) is 24.4 Å². The van der Waals surface area contributed by atoms with E-state index in [9.17, 15) is 14.4 Å². The van der Waals surface area contributed by atoms with Crippen LogP contribution in [0.2, 0.25) is 0 Å². The molecule has 3 heterocycles. The summed E-state index contributed by atoms with van der Waals surface area (Å²) < 4.78 is 2.59. The Morgan fingerprint density at radius 2 is 2.00 bits per heavy atom. The van der Waals surface area contributed by atoms with Crippen molar-refractivity contribution in [2.45, 2.75) is 38.6 Å². The molecule has 0 radical (unpaired) electrons. The summed E-state index contributed by atoms with van der Waals surface area (Å²) in [7, 11) is 0. The van der Waals surface area contributed by atoms with Gasteiger partial charge >= 0.3 is 0 Å². The predicted octanol–water partition coefficient (Wildman–Crippen LogP) is 1.04. The van der Waals surface area contributed by atoms with E-state index < -0.39 is 17.7 Å². The maximum atomic E-state index is 12.9. The highest BCUT2D eigenvalue weighted by atomic mass is 16.2. The van der Waals surface area contributed by atoms with Crippen molar-refractivity contribution < 1.29 is 14.4 Å². The molecular weight excluding hydrogens is 414 g/mol. The third-order valence-corrected chi connectivity index (χ3v) is 5.23. The van der Waals surface area contributed by atoms with E-state index >= 15 is 0 Å². The van der Waals surface area contributed by atoms with Crippen LogP contribution in [-0.2, 0) is 11.3 Å². The van der Waals surface area contributed by atoms with Crippen LogP contribution in [0.3, 0.4) is 0 Å². The number of aromatic nitrogens is 5. The quantitative estimate of drug-likeness (QED) is 0.465. The summed E-state index contributed by atoms with van der Waals surface area (Å²) in [5.74, 6) is -1.17. The van der Waals surface area contributed by atoms with Crippen LogP contribution in [0.4, 0.5) is 11.5 Å². The average Bonchev–Trinajstić information content (AvgIpc) is 3.36. The molecule has 4 rings (SSSR count). The Morgan fingerprint density at radius 1 is 1.22 bits per heavy atom. The first-order valence-electron chi connectivity index (χ1n) is 10.3. The molecule has 3 amide bonds. The highest BCUT2D eigenvalue weighted by Crippen LogP contribution is 2.23. The largest absolute Gasteiger partial charge is 0.368 e. The summed E-state index contributed by atoms with van der Waals surface area (Å²) in [4.78, 5) is 44.6. The van der Waals surface area contributed by atoms with E-state index in [4.69, 9.17) is 11.5 Å². The van der Waals surface area contributed by atoms with Crippen LogP contribution >= 0.6 is 0 Å². The number of carbonyl (C=O) groups excluding carboxylic acids is 3. The van der Waals surface area contributed by atoms with Crippen LogP contribution in [-0.4, -0.2) is 48.3 Å². The Kier molecular flexibility index (Phi) is 5.92. The molecule has 5 N–H and O–H groups in total. The van der Waals surface area contributed by atoms with Gasteiger partial charge in [0.15, 0.2) is 17.2 Å². The zero-order valence-corrected chi connectivity index (χ0v) is 17.3. The number of hydrogen-bond donors (Lipinski definition) is 3. The van der Waals surface area contributed by atoms with Gasteiger partial charge in [-0.1, -0.05) is 19.3 Å². The smallest absolute Gasteiger partial charge is 0.271 e. The van der Waals surface area contributed by atoms with Gasteiger partial charge in [-0.3, -0.25) is 19.1 Å². The Labute approximate surface area is 182 Å². The Bertz CT molecular complexity index is 1200. The van der Waals surface area contributed by atoms with Gasteiger partial charge in [-0.15, -0.1) is 0 Å². The van der Waals surface area contributed by atoms with Crippen molar-refractivity contribution in [2.24, 2.45) is 22.4 Å². The van der Waals surface area contributed by atoms with Crippen molar-refractivity contribution in [3.05, 3.63) is 35.9 Å². The molecule has 0 spiro atoms. The predicted molar refractivity (Wildman–Crippen MR) is 116 cm³/mol. The lowest BCUT2D eigenvalue weighted by Crippen LogP contribution is -2.20. The van der Waals surface area contributed by atoms with Crippen LogP contribution in [0.15, 0.2) is 29.6 Å². The van der Waals surface area contributed by atoms with Gasteiger partial charge in [-0.25, -0.2) is 14.5 Å². The van der Waals surface area contributed by atoms with E-state index in [0.29, 0.717) is 17.4 Å². The number of aliphatic imine (C=N–C) groups is 1. The van der Waals surface area contributed by atoms with E-state index in [1.165, 1.54) is 36.2 Å². The first-order chi connectivity index (χ1) is 15.4. The number of carbonyl (C=O) groups is 3. The van der Waals surface area contributed by atoms with Crippen LogP contribution in [0.25, 0.3) is 5.65 Å². The van der Waals surface area contributed by atoms with E-state index in [2.05, 4.69) is 25.5 Å². The molecule has 12 nitrogen and oxygen atoms in total. The normalized spacial score (nSPS) is 14.8. The maximum Gasteiger partial charge on any atom is 0.271 e. The molecule has 3 aromatic heterocycles. The van der Waals surface area contributed by atoms with Gasteiger partial charge in [0.2, 0.25) is 5.91 Å². The fourth-order valence-electron chi connectivity index (χ4n) is 3.68. The number of nitrogens with two attached hydrogens (primary N) is 2. The topological polar surface area (TPSA) is 176 Å². The van der Waals surface area contributed by atoms with E-state index in [1.54, 1.807) is 12.3 Å². The molecule has 1 aliphatic rings. The molecule has 0 aliphatic heterocycles. The van der Waals surface area contributed by atoms with Crippen LogP contribution in [0.1, 0.15) is 53.0 Å². The fraction of sp³-hybridized carbons (Fsp3) is 0.350. The van der Waals surface area contributed by atoms with E-state index in [-0.39, 0.29) is 23.5 Å². The zero-order chi connectivity index (χ0) is 22.7. The molecule has 32 heavy (non-hydrogen) atoms. The molecule has 0 saturated heterocycles. The number of amides is 3. The molecule has 1 aliphatic carbocycles. The fourth-order valence-corrected chi connectivity index (χ4v) is 3.68. The summed E-state index contributed by atoms with van der Waals surface area (Å²) in [6.07, 6.45) is 12.2. The standard InChI is InChI=1S/C20H23N9O3/c21-15(30)11-28-10-14(17(27-28)18(22)31)25-20(32)13-9-24-29-7-6-16(26-19(13)29)23-8-12-4-2-1-3-5-12/h6-10,12H,1-5,11H2,(H2,21,30)(H2,22,31)(H,25,32). The van der Waals surface area contributed by atoms with Crippen LogP contribution in [0, 0.1) is 5.92 Å². The van der Waals surface area contributed by atoms with Gasteiger partial charge in [0.25, 0.3) is 11.8 Å². The summed E-state index contributed by atoms with van der Waals surface area (Å²) in [5, 5.41) is 10.6. The second-order valence-corrected chi connectivity index (χ2v) is 7.66. The Balaban J connectivity index is 1.57. The maximum absolute atomic E-state index is 12.9. The lowest BCUT2D eigenvalue weighted by atomic mass is 9.90. The molecule has 3 aromatic rings. The minimum absolute atomic E-state index is 0.0505. The Morgan fingerprint density at radius 3 is 2.72 bits per heavy atom.